The van der Waals surface area contributed by atoms with Crippen molar-refractivity contribution < 1.29 is 68.6 Å². The fraction of sp³-hybridized carbons (Fsp3) is 0.442. The Morgan fingerprint density at radius 1 is 0.797 bits per heavy atom. The van der Waals surface area contributed by atoms with E-state index in [0.717, 1.165) is 27.6 Å². The van der Waals surface area contributed by atoms with Gasteiger partial charge < -0.3 is 70.1 Å². The number of amides is 1. The van der Waals surface area contributed by atoms with Crippen LogP contribution in [-0.2, 0) is 41.6 Å². The molecule has 0 bridgehead atoms. The third kappa shape index (κ3) is 10.6. The number of benzene rings is 4. The Labute approximate surface area is 341 Å². The molecule has 1 radical (unpaired) electrons. The summed E-state index contributed by atoms with van der Waals surface area (Å²) in [5, 5.41) is 69.0. The minimum absolute atomic E-state index is 0.101. The second-order valence-corrected chi connectivity index (χ2v) is 14.8. The number of aliphatic hydroxyl groups excluding tert-OH is 6. The summed E-state index contributed by atoms with van der Waals surface area (Å²) in [6, 6.07) is 25.1. The van der Waals surface area contributed by atoms with Crippen molar-refractivity contribution in [2.45, 2.75) is 99.4 Å². The number of fused-ring (bicyclic) bond motifs is 1. The van der Waals surface area contributed by atoms with Gasteiger partial charge in [0, 0.05) is 12.3 Å². The number of nitrogens with one attached hydrogen (secondary N) is 1. The third-order valence-electron chi connectivity index (χ3n) is 10.7. The summed E-state index contributed by atoms with van der Waals surface area (Å²) in [6.45, 7) is 1.04. The summed E-state index contributed by atoms with van der Waals surface area (Å²) in [4.78, 5) is 24.6. The maximum atomic E-state index is 12.9. The minimum Gasteiger partial charge on any atom is -0.497 e. The predicted octanol–water partition coefficient (Wildman–Crippen LogP) is 0.344. The molecule has 6 rings (SSSR count). The molecule has 2 aliphatic rings. The first kappa shape index (κ1) is 44.0. The standard InChI is InChI=1S/C43H51N2O14/c1-23(26-6-4-3-5-7-26)34(44)41(53)45-29(19-46)17-24-9-13-30(14-10-24)56-42-39(52)37(50)40(32(20-47)57-42)59-43-38(51)36(49)35(48)33(58-43)22-55-21-25-8-11-28-18-31(54-2)15-12-27(28)16-25/h3-16,18,23,29,32-40,42-43,47-52H,17,20-22,44H2,1-2H3,(H,45,53). The van der Waals surface area contributed by atoms with Gasteiger partial charge in [-0.2, -0.15) is 0 Å². The smallest absolute Gasteiger partial charge is 0.238 e. The van der Waals surface area contributed by atoms with E-state index in [1.54, 1.807) is 19.2 Å². The van der Waals surface area contributed by atoms with E-state index in [4.69, 9.17) is 34.2 Å². The summed E-state index contributed by atoms with van der Waals surface area (Å²) in [5.41, 5.74) is 8.54. The zero-order valence-electron chi connectivity index (χ0n) is 32.5. The van der Waals surface area contributed by atoms with Crippen LogP contribution in [0.1, 0.15) is 29.5 Å². The largest absolute Gasteiger partial charge is 0.497 e. The molecule has 0 aromatic heterocycles. The van der Waals surface area contributed by atoms with E-state index in [1.165, 1.54) is 12.1 Å². The summed E-state index contributed by atoms with van der Waals surface area (Å²) in [5.74, 6) is 0.131. The first-order valence-electron chi connectivity index (χ1n) is 19.3. The van der Waals surface area contributed by atoms with Gasteiger partial charge in [0.15, 0.2) is 6.29 Å². The summed E-state index contributed by atoms with van der Waals surface area (Å²) in [6.07, 6.45) is -13.7. The van der Waals surface area contributed by atoms with Crippen molar-refractivity contribution in [1.29, 1.82) is 0 Å². The second-order valence-electron chi connectivity index (χ2n) is 14.8. The fourth-order valence-electron chi connectivity index (χ4n) is 7.08. The molecule has 16 heteroatoms. The lowest BCUT2D eigenvalue weighted by Gasteiger charge is -2.46. The molecular formula is C43H51N2O14. The highest BCUT2D eigenvalue weighted by Gasteiger charge is 2.51. The van der Waals surface area contributed by atoms with Gasteiger partial charge in [-0.1, -0.05) is 67.6 Å². The number of hydrogen-bond acceptors (Lipinski definition) is 15. The number of aliphatic hydroxyl groups is 6. The van der Waals surface area contributed by atoms with Crippen molar-refractivity contribution in [3.05, 3.63) is 108 Å². The molecule has 16 nitrogen and oxygen atoms in total. The summed E-state index contributed by atoms with van der Waals surface area (Å²) < 4.78 is 34.3. The molecule has 59 heavy (non-hydrogen) atoms. The zero-order valence-corrected chi connectivity index (χ0v) is 32.5. The van der Waals surface area contributed by atoms with Crippen molar-refractivity contribution in [3.63, 3.8) is 0 Å². The number of carbonyl (C=O) groups is 1. The maximum Gasteiger partial charge on any atom is 0.238 e. The van der Waals surface area contributed by atoms with Crippen molar-refractivity contribution in [2.75, 3.05) is 20.3 Å². The van der Waals surface area contributed by atoms with Crippen LogP contribution in [0.25, 0.3) is 10.8 Å². The Morgan fingerprint density at radius 2 is 1.44 bits per heavy atom. The van der Waals surface area contributed by atoms with Gasteiger partial charge in [0.25, 0.3) is 0 Å². The Bertz CT molecular complexity index is 1970. The molecule has 0 spiro atoms. The van der Waals surface area contributed by atoms with E-state index >= 15 is 0 Å². The first-order chi connectivity index (χ1) is 28.4. The average molecular weight is 820 g/mol. The molecule has 2 saturated heterocycles. The van der Waals surface area contributed by atoms with Gasteiger partial charge in [0.05, 0.1) is 39.0 Å². The molecule has 2 heterocycles. The lowest BCUT2D eigenvalue weighted by Crippen LogP contribution is -2.65. The molecule has 1 amide bonds. The zero-order chi connectivity index (χ0) is 42.2. The van der Waals surface area contributed by atoms with Crippen molar-refractivity contribution in [3.8, 4) is 11.5 Å². The number of methoxy groups -OCH3 is 1. The van der Waals surface area contributed by atoms with Crippen LogP contribution in [0.3, 0.4) is 0 Å². The Balaban J connectivity index is 1.01. The van der Waals surface area contributed by atoms with Crippen LogP contribution in [0.2, 0.25) is 0 Å². The molecule has 2 aliphatic heterocycles. The van der Waals surface area contributed by atoms with Crippen LogP contribution >= 0.6 is 0 Å². The quantitative estimate of drug-likeness (QED) is 0.0716. The van der Waals surface area contributed by atoms with Gasteiger partial charge in [-0.25, -0.2) is 0 Å². The molecule has 4 aromatic rings. The molecule has 4 aromatic carbocycles. The Hall–Kier alpha value is -4.56. The second kappa shape index (κ2) is 20.1. The molecule has 13 atom stereocenters. The van der Waals surface area contributed by atoms with Gasteiger partial charge in [0.1, 0.15) is 60.3 Å². The van der Waals surface area contributed by atoms with Gasteiger partial charge >= 0.3 is 0 Å². The Morgan fingerprint density at radius 3 is 2.14 bits per heavy atom. The van der Waals surface area contributed by atoms with E-state index in [-0.39, 0.29) is 31.3 Å². The number of carbonyl (C=O) groups excluding carboxylic acids is 2. The van der Waals surface area contributed by atoms with E-state index in [0.29, 0.717) is 5.56 Å². The SMILES string of the molecule is COc1ccc2cc(COCC3OC(OC4C(CO)OC(Oc5ccc(CC([C]=O)NC(=O)C(N)C(C)c6ccccc6)cc5)C(O)C4O)C(O)C(O)C3O)ccc2c1. The number of hydrogen-bond donors (Lipinski definition) is 8. The number of nitrogens with two attached hydrogens (primary N) is 1. The molecule has 0 aliphatic carbocycles. The minimum atomic E-state index is -1.78. The molecule has 9 N–H and O–H groups in total. The molecule has 13 unspecified atom stereocenters. The van der Waals surface area contributed by atoms with Gasteiger partial charge in [-0.15, -0.1) is 0 Å². The Kier molecular flexibility index (Phi) is 15.0. The van der Waals surface area contributed by atoms with E-state index in [9.17, 15) is 40.2 Å². The van der Waals surface area contributed by atoms with E-state index < -0.39 is 86.0 Å². The van der Waals surface area contributed by atoms with Crippen LogP contribution in [0.15, 0.2) is 91.0 Å². The van der Waals surface area contributed by atoms with E-state index in [1.807, 2.05) is 79.9 Å². The topological polar surface area (TPSA) is 249 Å². The maximum absolute atomic E-state index is 12.9. The monoisotopic (exact) mass is 819 g/mol. The van der Waals surface area contributed by atoms with Crippen LogP contribution in [-0.4, -0.2) is 137 Å². The molecule has 317 valence electrons. The molecular weight excluding hydrogens is 768 g/mol. The van der Waals surface area contributed by atoms with Crippen molar-refractivity contribution >= 4 is 23.0 Å². The van der Waals surface area contributed by atoms with Crippen LogP contribution < -0.4 is 20.5 Å². The third-order valence-corrected chi connectivity index (χ3v) is 10.7. The first-order valence-corrected chi connectivity index (χ1v) is 19.3. The van der Waals surface area contributed by atoms with Crippen molar-refractivity contribution in [2.24, 2.45) is 5.73 Å². The average Bonchev–Trinajstić information content (AvgIpc) is 3.26. The summed E-state index contributed by atoms with van der Waals surface area (Å²) in [7, 11) is 1.59. The summed E-state index contributed by atoms with van der Waals surface area (Å²) >= 11 is 0. The van der Waals surface area contributed by atoms with E-state index in [2.05, 4.69) is 5.32 Å². The molecule has 0 saturated carbocycles. The predicted molar refractivity (Wildman–Crippen MR) is 211 cm³/mol. The van der Waals surface area contributed by atoms with Gasteiger partial charge in [0.2, 0.25) is 18.5 Å². The highest BCUT2D eigenvalue weighted by atomic mass is 16.7. The van der Waals surface area contributed by atoms with Crippen molar-refractivity contribution in [1.82, 2.24) is 5.32 Å². The van der Waals surface area contributed by atoms with Crippen LogP contribution in [0, 0.1) is 0 Å². The number of rotatable bonds is 17. The van der Waals surface area contributed by atoms with Gasteiger partial charge in [-0.05, 0) is 57.8 Å². The molecule has 2 fully saturated rings. The fourth-order valence-corrected chi connectivity index (χ4v) is 7.08. The van der Waals surface area contributed by atoms with Gasteiger partial charge in [-0.3, -0.25) is 9.59 Å². The normalized spacial score (nSPS) is 28.6. The van der Waals surface area contributed by atoms with Crippen LogP contribution in [0.5, 0.6) is 11.5 Å². The number of ether oxygens (including phenoxy) is 6. The highest BCUT2D eigenvalue weighted by Crippen LogP contribution is 2.31. The lowest BCUT2D eigenvalue weighted by atomic mass is 9.93. The van der Waals surface area contributed by atoms with Crippen LogP contribution in [0.4, 0.5) is 0 Å². The lowest BCUT2D eigenvalue weighted by molar-refractivity contribution is -0.353. The highest BCUT2D eigenvalue weighted by molar-refractivity contribution is 5.85.